The Hall–Kier alpha value is -1.22. The Morgan fingerprint density at radius 3 is 2.79 bits per heavy atom. The van der Waals surface area contributed by atoms with Crippen molar-refractivity contribution in [2.75, 3.05) is 0 Å². The molecule has 5 heteroatoms. The first kappa shape index (κ1) is 9.34. The number of rotatable bonds is 2. The van der Waals surface area contributed by atoms with Crippen molar-refractivity contribution in [2.45, 2.75) is 44.8 Å². The summed E-state index contributed by atoms with van der Waals surface area (Å²) in [6, 6.07) is -0.599. The lowest BCUT2D eigenvalue weighted by Crippen LogP contribution is -2.37. The SMILES string of the molecule is CC1([C@@H]2CC[C@@H](N=[N+]=[N-])C(=O)O2)CC1. The molecular weight excluding hydrogens is 182 g/mol. The van der Waals surface area contributed by atoms with Gasteiger partial charge in [0.25, 0.3) is 0 Å². The summed E-state index contributed by atoms with van der Waals surface area (Å²) < 4.78 is 5.27. The predicted octanol–water partition coefficient (Wildman–Crippen LogP) is 2.17. The zero-order chi connectivity index (χ0) is 10.2. The van der Waals surface area contributed by atoms with Crippen molar-refractivity contribution in [3.8, 4) is 0 Å². The molecule has 1 saturated heterocycles. The lowest BCUT2D eigenvalue weighted by atomic mass is 9.93. The highest BCUT2D eigenvalue weighted by molar-refractivity contribution is 5.76. The van der Waals surface area contributed by atoms with Crippen LogP contribution in [0.15, 0.2) is 5.11 Å². The standard InChI is InChI=1S/C9H13N3O2/c1-9(4-5-9)7-3-2-6(11-12-10)8(13)14-7/h6-7H,2-5H2,1H3/t6-,7+/m1/s1. The number of ether oxygens (including phenoxy) is 1. The number of hydrogen-bond donors (Lipinski definition) is 0. The molecule has 1 saturated carbocycles. The summed E-state index contributed by atoms with van der Waals surface area (Å²) in [4.78, 5) is 14.0. The molecule has 0 aromatic rings. The normalized spacial score (nSPS) is 34.2. The minimum Gasteiger partial charge on any atom is -0.461 e. The van der Waals surface area contributed by atoms with Crippen LogP contribution in [0.5, 0.6) is 0 Å². The van der Waals surface area contributed by atoms with Crippen molar-refractivity contribution in [1.29, 1.82) is 0 Å². The van der Waals surface area contributed by atoms with Gasteiger partial charge in [0.05, 0.1) is 0 Å². The number of azide groups is 1. The summed E-state index contributed by atoms with van der Waals surface area (Å²) in [5.41, 5.74) is 8.43. The molecule has 0 spiro atoms. The fraction of sp³-hybridized carbons (Fsp3) is 0.889. The van der Waals surface area contributed by atoms with Gasteiger partial charge in [-0.1, -0.05) is 12.0 Å². The van der Waals surface area contributed by atoms with E-state index in [1.807, 2.05) is 0 Å². The van der Waals surface area contributed by atoms with E-state index in [-0.39, 0.29) is 17.5 Å². The smallest absolute Gasteiger partial charge is 0.315 e. The van der Waals surface area contributed by atoms with Gasteiger partial charge in [0, 0.05) is 10.3 Å². The summed E-state index contributed by atoms with van der Waals surface area (Å²) in [5.74, 6) is -0.354. The van der Waals surface area contributed by atoms with Gasteiger partial charge in [0.1, 0.15) is 12.1 Å². The van der Waals surface area contributed by atoms with Crippen LogP contribution in [0.25, 0.3) is 10.4 Å². The van der Waals surface area contributed by atoms with Gasteiger partial charge in [0.15, 0.2) is 0 Å². The highest BCUT2D eigenvalue weighted by Crippen LogP contribution is 2.51. The van der Waals surface area contributed by atoms with Crippen LogP contribution in [-0.2, 0) is 9.53 Å². The molecule has 0 aromatic heterocycles. The van der Waals surface area contributed by atoms with Gasteiger partial charge in [-0.3, -0.25) is 4.79 Å². The van der Waals surface area contributed by atoms with Crippen LogP contribution in [0.3, 0.4) is 0 Å². The lowest BCUT2D eigenvalue weighted by molar-refractivity contribution is -0.159. The molecular formula is C9H13N3O2. The Morgan fingerprint density at radius 2 is 2.29 bits per heavy atom. The van der Waals surface area contributed by atoms with Crippen molar-refractivity contribution >= 4 is 5.97 Å². The minimum atomic E-state index is -0.599. The van der Waals surface area contributed by atoms with E-state index in [2.05, 4.69) is 16.9 Å². The summed E-state index contributed by atoms with van der Waals surface area (Å²) in [6.07, 6.45) is 3.77. The highest BCUT2D eigenvalue weighted by atomic mass is 16.5. The summed E-state index contributed by atoms with van der Waals surface area (Å²) in [5, 5.41) is 3.41. The van der Waals surface area contributed by atoms with Crippen LogP contribution in [0.1, 0.15) is 32.6 Å². The van der Waals surface area contributed by atoms with Gasteiger partial charge < -0.3 is 4.74 Å². The van der Waals surface area contributed by atoms with E-state index in [0.29, 0.717) is 6.42 Å². The number of hydrogen-bond acceptors (Lipinski definition) is 3. The van der Waals surface area contributed by atoms with E-state index in [1.165, 1.54) is 0 Å². The molecule has 0 bridgehead atoms. The third-order valence-electron chi connectivity index (χ3n) is 3.24. The molecule has 14 heavy (non-hydrogen) atoms. The molecule has 2 rings (SSSR count). The summed E-state index contributed by atoms with van der Waals surface area (Å²) in [7, 11) is 0. The molecule has 2 fully saturated rings. The van der Waals surface area contributed by atoms with Crippen molar-refractivity contribution in [1.82, 2.24) is 0 Å². The van der Waals surface area contributed by atoms with Crippen LogP contribution in [0, 0.1) is 5.41 Å². The van der Waals surface area contributed by atoms with Gasteiger partial charge in [-0.25, -0.2) is 0 Å². The highest BCUT2D eigenvalue weighted by Gasteiger charge is 2.49. The third-order valence-corrected chi connectivity index (χ3v) is 3.24. The van der Waals surface area contributed by atoms with E-state index < -0.39 is 6.04 Å². The van der Waals surface area contributed by atoms with E-state index in [9.17, 15) is 4.79 Å². The van der Waals surface area contributed by atoms with Crippen molar-refractivity contribution in [3.05, 3.63) is 10.4 Å². The second-order valence-corrected chi connectivity index (χ2v) is 4.38. The fourth-order valence-electron chi connectivity index (χ4n) is 1.88. The van der Waals surface area contributed by atoms with Crippen LogP contribution in [0.2, 0.25) is 0 Å². The topological polar surface area (TPSA) is 75.1 Å². The maximum atomic E-state index is 11.4. The molecule has 0 aromatic carbocycles. The van der Waals surface area contributed by atoms with E-state index >= 15 is 0 Å². The molecule has 1 heterocycles. The van der Waals surface area contributed by atoms with E-state index in [4.69, 9.17) is 10.3 Å². The monoisotopic (exact) mass is 195 g/mol. The van der Waals surface area contributed by atoms with Crippen LogP contribution < -0.4 is 0 Å². The van der Waals surface area contributed by atoms with Crippen LogP contribution >= 0.6 is 0 Å². The zero-order valence-electron chi connectivity index (χ0n) is 8.14. The molecule has 0 radical (unpaired) electrons. The second kappa shape index (κ2) is 3.17. The Morgan fingerprint density at radius 1 is 1.57 bits per heavy atom. The van der Waals surface area contributed by atoms with E-state index in [0.717, 1.165) is 19.3 Å². The maximum absolute atomic E-state index is 11.4. The number of esters is 1. The van der Waals surface area contributed by atoms with Crippen molar-refractivity contribution in [2.24, 2.45) is 10.5 Å². The van der Waals surface area contributed by atoms with Crippen LogP contribution in [0.4, 0.5) is 0 Å². The lowest BCUT2D eigenvalue weighted by Gasteiger charge is -2.30. The average Bonchev–Trinajstić information content (AvgIpc) is 2.89. The summed E-state index contributed by atoms with van der Waals surface area (Å²) in [6.45, 7) is 2.14. The Labute approximate surface area is 82.1 Å². The molecule has 5 nitrogen and oxygen atoms in total. The predicted molar refractivity (Wildman–Crippen MR) is 49.4 cm³/mol. The fourth-order valence-corrected chi connectivity index (χ4v) is 1.88. The molecule has 1 aliphatic carbocycles. The first-order valence-corrected chi connectivity index (χ1v) is 4.90. The number of carbonyl (C=O) groups excluding carboxylic acids is 1. The first-order valence-electron chi connectivity index (χ1n) is 4.90. The zero-order valence-corrected chi connectivity index (χ0v) is 8.14. The molecule has 2 aliphatic rings. The van der Waals surface area contributed by atoms with Gasteiger partial charge in [-0.15, -0.1) is 0 Å². The van der Waals surface area contributed by atoms with Crippen molar-refractivity contribution < 1.29 is 9.53 Å². The second-order valence-electron chi connectivity index (χ2n) is 4.38. The van der Waals surface area contributed by atoms with Gasteiger partial charge in [-0.2, -0.15) is 0 Å². The van der Waals surface area contributed by atoms with Gasteiger partial charge >= 0.3 is 5.97 Å². The molecule has 0 N–H and O–H groups in total. The molecule has 0 amide bonds. The quantitative estimate of drug-likeness (QED) is 0.293. The Bertz CT molecular complexity index is 305. The van der Waals surface area contributed by atoms with Gasteiger partial charge in [0.2, 0.25) is 0 Å². The average molecular weight is 195 g/mol. The molecule has 2 atom stereocenters. The molecule has 0 unspecified atom stereocenters. The Balaban J connectivity index is 1.99. The number of cyclic esters (lactones) is 1. The summed E-state index contributed by atoms with van der Waals surface area (Å²) >= 11 is 0. The van der Waals surface area contributed by atoms with E-state index in [1.54, 1.807) is 0 Å². The van der Waals surface area contributed by atoms with Crippen molar-refractivity contribution in [3.63, 3.8) is 0 Å². The number of carbonyl (C=O) groups is 1. The number of nitrogens with zero attached hydrogens (tertiary/aromatic N) is 3. The maximum Gasteiger partial charge on any atom is 0.315 e. The first-order chi connectivity index (χ1) is 6.65. The Kier molecular flexibility index (Phi) is 2.11. The molecule has 76 valence electrons. The minimum absolute atomic E-state index is 0.0418. The van der Waals surface area contributed by atoms with Gasteiger partial charge in [-0.05, 0) is 31.2 Å². The largest absolute Gasteiger partial charge is 0.461 e. The third kappa shape index (κ3) is 1.55. The van der Waals surface area contributed by atoms with Crippen LogP contribution in [-0.4, -0.2) is 18.1 Å². The molecule has 1 aliphatic heterocycles.